The number of nitrogens with one attached hydrogen (secondary N) is 1. The van der Waals surface area contributed by atoms with E-state index in [-0.39, 0.29) is 5.57 Å². The van der Waals surface area contributed by atoms with E-state index in [1.165, 1.54) is 13.2 Å². The smallest absolute Gasteiger partial charge is 0.266 e. The molecule has 0 unspecified atom stereocenters. The fourth-order valence-electron chi connectivity index (χ4n) is 2.22. The normalized spacial score (nSPS) is 10.7. The molecule has 0 aromatic heterocycles. The molecule has 2 rings (SSSR count). The molecule has 0 aliphatic carbocycles. The Morgan fingerprint density at radius 3 is 2.59 bits per heavy atom. The van der Waals surface area contributed by atoms with Crippen molar-refractivity contribution in [1.82, 2.24) is 0 Å². The van der Waals surface area contributed by atoms with Gasteiger partial charge in [-0.2, -0.15) is 5.26 Å². The Bertz CT molecular complexity index is 912. The number of carbonyl (C=O) groups excluding carboxylic acids is 1. The molecular formula is C21H19BrN2O3. The number of rotatable bonds is 7. The zero-order valence-electron chi connectivity index (χ0n) is 15.1. The third kappa shape index (κ3) is 5.47. The Balaban J connectivity index is 2.30. The van der Waals surface area contributed by atoms with Crippen molar-refractivity contribution in [1.29, 1.82) is 5.26 Å². The van der Waals surface area contributed by atoms with E-state index in [9.17, 15) is 10.1 Å². The van der Waals surface area contributed by atoms with Crippen LogP contribution in [0.3, 0.4) is 0 Å². The van der Waals surface area contributed by atoms with E-state index in [2.05, 4.69) is 27.8 Å². The van der Waals surface area contributed by atoms with Crippen LogP contribution in [0.4, 0.5) is 5.69 Å². The molecule has 0 fully saturated rings. The molecule has 138 valence electrons. The zero-order chi connectivity index (χ0) is 19.8. The summed E-state index contributed by atoms with van der Waals surface area (Å²) in [6, 6.07) is 12.7. The highest BCUT2D eigenvalue weighted by Gasteiger charge is 2.13. The number of nitrogens with zero attached hydrogens (tertiary/aromatic N) is 1. The standard InChI is InChI=1S/C21H19BrN2O3/c1-4-9-27-20-12-18(22)15(11-19(20)26-3)10-16(13-23)21(25)24-17-7-5-14(2)6-8-17/h4-8,10-12H,1,9H2,2-3H3,(H,24,25)/b16-10+. The van der Waals surface area contributed by atoms with Gasteiger partial charge in [0.15, 0.2) is 11.5 Å². The van der Waals surface area contributed by atoms with Crippen LogP contribution >= 0.6 is 15.9 Å². The number of methoxy groups -OCH3 is 1. The van der Waals surface area contributed by atoms with Crippen molar-refractivity contribution in [2.75, 3.05) is 19.0 Å². The Morgan fingerprint density at radius 1 is 1.30 bits per heavy atom. The molecule has 1 N–H and O–H groups in total. The first-order valence-electron chi connectivity index (χ1n) is 8.09. The summed E-state index contributed by atoms with van der Waals surface area (Å²) >= 11 is 3.44. The molecule has 0 spiro atoms. The fraction of sp³-hybridized carbons (Fsp3) is 0.143. The van der Waals surface area contributed by atoms with Crippen LogP contribution in [-0.4, -0.2) is 19.6 Å². The van der Waals surface area contributed by atoms with Gasteiger partial charge in [0, 0.05) is 10.2 Å². The van der Waals surface area contributed by atoms with Crippen LogP contribution < -0.4 is 14.8 Å². The van der Waals surface area contributed by atoms with Gasteiger partial charge in [0.1, 0.15) is 18.2 Å². The van der Waals surface area contributed by atoms with Gasteiger partial charge in [0.2, 0.25) is 0 Å². The lowest BCUT2D eigenvalue weighted by molar-refractivity contribution is -0.112. The minimum absolute atomic E-state index is 0.0295. The average Bonchev–Trinajstić information content (AvgIpc) is 2.67. The summed E-state index contributed by atoms with van der Waals surface area (Å²) in [5.74, 6) is 0.533. The van der Waals surface area contributed by atoms with Crippen molar-refractivity contribution in [2.45, 2.75) is 6.92 Å². The average molecular weight is 427 g/mol. The quantitative estimate of drug-likeness (QED) is 0.389. The molecule has 0 bridgehead atoms. The molecule has 0 aliphatic rings. The van der Waals surface area contributed by atoms with Crippen molar-refractivity contribution in [3.05, 3.63) is 70.2 Å². The number of nitriles is 1. The number of ether oxygens (including phenoxy) is 2. The van der Waals surface area contributed by atoms with Gasteiger partial charge in [-0.25, -0.2) is 0 Å². The summed E-state index contributed by atoms with van der Waals surface area (Å²) in [5, 5.41) is 12.1. The Kier molecular flexibility index (Phi) is 7.21. The molecule has 2 aromatic carbocycles. The number of hydrogen-bond acceptors (Lipinski definition) is 4. The summed E-state index contributed by atoms with van der Waals surface area (Å²) in [5.41, 5.74) is 2.29. The Morgan fingerprint density at radius 2 is 2.00 bits per heavy atom. The SMILES string of the molecule is C=CCOc1cc(Br)c(/C=C(\C#N)C(=O)Nc2ccc(C)cc2)cc1OC. The van der Waals surface area contributed by atoms with Crippen LogP contribution in [0.25, 0.3) is 6.08 Å². The third-order valence-electron chi connectivity index (χ3n) is 3.61. The van der Waals surface area contributed by atoms with Gasteiger partial charge in [0.05, 0.1) is 7.11 Å². The molecule has 27 heavy (non-hydrogen) atoms. The van der Waals surface area contributed by atoms with Crippen molar-refractivity contribution >= 4 is 33.6 Å². The number of carbonyl (C=O) groups is 1. The fourth-order valence-corrected chi connectivity index (χ4v) is 2.66. The summed E-state index contributed by atoms with van der Waals surface area (Å²) < 4.78 is 11.5. The highest BCUT2D eigenvalue weighted by molar-refractivity contribution is 9.10. The van der Waals surface area contributed by atoms with Crippen LogP contribution in [0.2, 0.25) is 0 Å². The van der Waals surface area contributed by atoms with Crippen molar-refractivity contribution in [3.63, 3.8) is 0 Å². The van der Waals surface area contributed by atoms with E-state index in [0.29, 0.717) is 33.8 Å². The van der Waals surface area contributed by atoms with Crippen LogP contribution in [-0.2, 0) is 4.79 Å². The van der Waals surface area contributed by atoms with Gasteiger partial charge in [-0.15, -0.1) is 0 Å². The molecule has 0 saturated carbocycles. The molecule has 0 radical (unpaired) electrons. The predicted octanol–water partition coefficient (Wildman–Crippen LogP) is 4.88. The van der Waals surface area contributed by atoms with Gasteiger partial charge in [0.25, 0.3) is 5.91 Å². The number of amides is 1. The minimum atomic E-state index is -0.487. The zero-order valence-corrected chi connectivity index (χ0v) is 16.7. The second-order valence-corrected chi connectivity index (χ2v) is 6.47. The van der Waals surface area contributed by atoms with Crippen LogP contribution in [0.15, 0.2) is 59.1 Å². The topological polar surface area (TPSA) is 71.3 Å². The first kappa shape index (κ1) is 20.3. The van der Waals surface area contributed by atoms with Gasteiger partial charge in [-0.3, -0.25) is 4.79 Å². The summed E-state index contributed by atoms with van der Waals surface area (Å²) in [7, 11) is 1.52. The summed E-state index contributed by atoms with van der Waals surface area (Å²) in [6.45, 7) is 5.90. The first-order chi connectivity index (χ1) is 13.0. The maximum absolute atomic E-state index is 12.4. The van der Waals surface area contributed by atoms with E-state index >= 15 is 0 Å². The number of halogens is 1. The lowest BCUT2D eigenvalue weighted by Crippen LogP contribution is -2.13. The number of hydrogen-bond donors (Lipinski definition) is 1. The van der Waals surface area contributed by atoms with Crippen LogP contribution in [0.5, 0.6) is 11.5 Å². The first-order valence-corrected chi connectivity index (χ1v) is 8.88. The third-order valence-corrected chi connectivity index (χ3v) is 4.30. The van der Waals surface area contributed by atoms with Crippen LogP contribution in [0, 0.1) is 18.3 Å². The maximum atomic E-state index is 12.4. The molecule has 0 aliphatic heterocycles. The van der Waals surface area contributed by atoms with E-state index in [4.69, 9.17) is 9.47 Å². The van der Waals surface area contributed by atoms with Gasteiger partial charge < -0.3 is 14.8 Å². The number of anilines is 1. The predicted molar refractivity (Wildman–Crippen MR) is 110 cm³/mol. The van der Waals surface area contributed by atoms with Gasteiger partial charge in [-0.05, 0) is 42.8 Å². The lowest BCUT2D eigenvalue weighted by Gasteiger charge is -2.12. The lowest BCUT2D eigenvalue weighted by atomic mass is 10.1. The number of benzene rings is 2. The molecule has 0 atom stereocenters. The van der Waals surface area contributed by atoms with Gasteiger partial charge >= 0.3 is 0 Å². The largest absolute Gasteiger partial charge is 0.493 e. The molecule has 5 nitrogen and oxygen atoms in total. The van der Waals surface area contributed by atoms with Gasteiger partial charge in [-0.1, -0.05) is 46.3 Å². The molecule has 2 aromatic rings. The van der Waals surface area contributed by atoms with Crippen molar-refractivity contribution < 1.29 is 14.3 Å². The maximum Gasteiger partial charge on any atom is 0.266 e. The van der Waals surface area contributed by atoms with Crippen molar-refractivity contribution in [2.24, 2.45) is 0 Å². The monoisotopic (exact) mass is 426 g/mol. The van der Waals surface area contributed by atoms with E-state index in [1.54, 1.807) is 30.3 Å². The molecular weight excluding hydrogens is 408 g/mol. The highest BCUT2D eigenvalue weighted by atomic mass is 79.9. The second-order valence-electron chi connectivity index (χ2n) is 5.61. The van der Waals surface area contributed by atoms with Crippen molar-refractivity contribution in [3.8, 4) is 17.6 Å². The number of aryl methyl sites for hydroxylation is 1. The van der Waals surface area contributed by atoms with E-state index in [0.717, 1.165) is 5.56 Å². The van der Waals surface area contributed by atoms with Crippen LogP contribution in [0.1, 0.15) is 11.1 Å². The molecule has 6 heteroatoms. The Labute approximate surface area is 167 Å². The minimum Gasteiger partial charge on any atom is -0.493 e. The summed E-state index contributed by atoms with van der Waals surface area (Å²) in [4.78, 5) is 12.4. The van der Waals surface area contributed by atoms with E-state index in [1.807, 2.05) is 25.1 Å². The summed E-state index contributed by atoms with van der Waals surface area (Å²) in [6.07, 6.45) is 3.12. The van der Waals surface area contributed by atoms with E-state index < -0.39 is 5.91 Å². The molecule has 0 heterocycles. The molecule has 0 saturated heterocycles. The second kappa shape index (κ2) is 9.60. The Hall–Kier alpha value is -3.04. The highest BCUT2D eigenvalue weighted by Crippen LogP contribution is 2.34. The molecule has 1 amide bonds.